The van der Waals surface area contributed by atoms with Gasteiger partial charge in [0.05, 0.1) is 24.7 Å². The van der Waals surface area contributed by atoms with E-state index < -0.39 is 5.41 Å². The van der Waals surface area contributed by atoms with Gasteiger partial charge in [0, 0.05) is 0 Å². The summed E-state index contributed by atoms with van der Waals surface area (Å²) in [6.07, 6.45) is 3.69. The van der Waals surface area contributed by atoms with Gasteiger partial charge in [0.1, 0.15) is 0 Å². The van der Waals surface area contributed by atoms with Crippen LogP contribution in [0, 0.1) is 5.41 Å². The molecule has 1 heterocycles. The van der Waals surface area contributed by atoms with Gasteiger partial charge in [-0.15, -0.1) is 0 Å². The number of ether oxygens (including phenoxy) is 2. The smallest absolute Gasteiger partial charge is 0.315 e. The van der Waals surface area contributed by atoms with Crippen molar-refractivity contribution in [2.24, 2.45) is 5.41 Å². The average molecular weight is 210 g/mol. The second kappa shape index (κ2) is 4.62. The molecule has 1 rings (SSSR count). The molecule has 0 amide bonds. The fraction of sp³-hybridized carbons (Fsp3) is 0.583. The summed E-state index contributed by atoms with van der Waals surface area (Å²) in [7, 11) is 0. The lowest BCUT2D eigenvalue weighted by Crippen LogP contribution is -2.33. The minimum Gasteiger partial charge on any atom is -0.465 e. The van der Waals surface area contributed by atoms with Gasteiger partial charge in [-0.2, -0.15) is 0 Å². The summed E-state index contributed by atoms with van der Waals surface area (Å²) in [6, 6.07) is 0. The largest absolute Gasteiger partial charge is 0.465 e. The Morgan fingerprint density at radius 2 is 2.33 bits per heavy atom. The van der Waals surface area contributed by atoms with E-state index in [2.05, 4.69) is 6.58 Å². The Kier molecular flexibility index (Phi) is 3.69. The lowest BCUT2D eigenvalue weighted by atomic mass is 9.82. The highest BCUT2D eigenvalue weighted by Crippen LogP contribution is 2.32. The van der Waals surface area contributed by atoms with Crippen LogP contribution in [0.2, 0.25) is 0 Å². The van der Waals surface area contributed by atoms with Crippen molar-refractivity contribution in [1.29, 1.82) is 0 Å². The molecule has 0 saturated heterocycles. The number of carbonyl (C=O) groups excluding carboxylic acids is 1. The van der Waals surface area contributed by atoms with Crippen molar-refractivity contribution in [3.8, 4) is 0 Å². The van der Waals surface area contributed by atoms with Crippen LogP contribution in [0.5, 0.6) is 0 Å². The number of hydrogen-bond donors (Lipinski definition) is 0. The SMILES string of the molecule is C=C([C@@H]1C=CCO1)C(C)(C)C(=O)OCC. The molecule has 0 bridgehead atoms. The zero-order chi connectivity index (χ0) is 11.5. The molecular weight excluding hydrogens is 192 g/mol. The van der Waals surface area contributed by atoms with Crippen molar-refractivity contribution in [2.45, 2.75) is 26.9 Å². The van der Waals surface area contributed by atoms with Crippen LogP contribution in [0.4, 0.5) is 0 Å². The van der Waals surface area contributed by atoms with E-state index in [9.17, 15) is 4.79 Å². The van der Waals surface area contributed by atoms with Crippen molar-refractivity contribution in [1.82, 2.24) is 0 Å². The van der Waals surface area contributed by atoms with Crippen molar-refractivity contribution in [2.75, 3.05) is 13.2 Å². The fourth-order valence-electron chi connectivity index (χ4n) is 1.41. The molecule has 0 aromatic rings. The Balaban J connectivity index is 2.71. The number of esters is 1. The highest BCUT2D eigenvalue weighted by Gasteiger charge is 2.36. The van der Waals surface area contributed by atoms with Crippen LogP contribution in [0.3, 0.4) is 0 Å². The number of rotatable bonds is 4. The molecular formula is C12H18O3. The maximum atomic E-state index is 11.7. The molecule has 0 spiro atoms. The van der Waals surface area contributed by atoms with E-state index in [4.69, 9.17) is 9.47 Å². The predicted molar refractivity (Wildman–Crippen MR) is 58.4 cm³/mol. The first-order valence-corrected chi connectivity index (χ1v) is 5.15. The highest BCUT2D eigenvalue weighted by atomic mass is 16.5. The molecule has 1 aliphatic heterocycles. The zero-order valence-corrected chi connectivity index (χ0v) is 9.58. The van der Waals surface area contributed by atoms with E-state index in [0.717, 1.165) is 5.57 Å². The topological polar surface area (TPSA) is 35.5 Å². The first-order valence-electron chi connectivity index (χ1n) is 5.15. The van der Waals surface area contributed by atoms with Crippen LogP contribution in [-0.4, -0.2) is 25.3 Å². The van der Waals surface area contributed by atoms with Gasteiger partial charge in [-0.3, -0.25) is 4.79 Å². The number of carbonyl (C=O) groups is 1. The van der Waals surface area contributed by atoms with E-state index in [0.29, 0.717) is 13.2 Å². The second-order valence-corrected chi connectivity index (χ2v) is 4.05. The van der Waals surface area contributed by atoms with Gasteiger partial charge in [-0.25, -0.2) is 0 Å². The van der Waals surface area contributed by atoms with Crippen molar-refractivity contribution >= 4 is 5.97 Å². The van der Waals surface area contributed by atoms with Gasteiger partial charge in [-0.05, 0) is 26.3 Å². The molecule has 3 heteroatoms. The Hall–Kier alpha value is -1.09. The molecule has 0 saturated carbocycles. The summed E-state index contributed by atoms with van der Waals surface area (Å²) >= 11 is 0. The van der Waals surface area contributed by atoms with E-state index in [1.807, 2.05) is 26.0 Å². The Morgan fingerprint density at radius 1 is 1.67 bits per heavy atom. The second-order valence-electron chi connectivity index (χ2n) is 4.05. The normalized spacial score (nSPS) is 20.3. The fourth-order valence-corrected chi connectivity index (χ4v) is 1.41. The summed E-state index contributed by atoms with van der Waals surface area (Å²) in [6.45, 7) is 10.3. The molecule has 15 heavy (non-hydrogen) atoms. The Bertz CT molecular complexity index is 289. The van der Waals surface area contributed by atoms with Gasteiger partial charge in [0.25, 0.3) is 0 Å². The Labute approximate surface area is 90.8 Å². The monoisotopic (exact) mass is 210 g/mol. The van der Waals surface area contributed by atoms with Crippen LogP contribution in [0.25, 0.3) is 0 Å². The van der Waals surface area contributed by atoms with Gasteiger partial charge in [0.15, 0.2) is 0 Å². The summed E-state index contributed by atoms with van der Waals surface area (Å²) < 4.78 is 10.4. The van der Waals surface area contributed by atoms with Crippen LogP contribution in [0.15, 0.2) is 24.3 Å². The molecule has 0 aromatic heterocycles. The standard InChI is InChI=1S/C12H18O3/c1-5-14-11(13)12(3,4)9(2)10-7-6-8-15-10/h6-7,10H,2,5,8H2,1,3-4H3/t10-/m0/s1. The molecule has 1 atom stereocenters. The summed E-state index contributed by atoms with van der Waals surface area (Å²) in [5, 5.41) is 0. The summed E-state index contributed by atoms with van der Waals surface area (Å²) in [5.41, 5.74) is 0.0460. The minimum absolute atomic E-state index is 0.163. The van der Waals surface area contributed by atoms with Crippen LogP contribution >= 0.6 is 0 Å². The molecule has 0 aromatic carbocycles. The van der Waals surface area contributed by atoms with Crippen molar-refractivity contribution in [3.63, 3.8) is 0 Å². The predicted octanol–water partition coefficient (Wildman–Crippen LogP) is 2.09. The third-order valence-corrected chi connectivity index (χ3v) is 2.61. The number of hydrogen-bond acceptors (Lipinski definition) is 3. The molecule has 0 N–H and O–H groups in total. The van der Waals surface area contributed by atoms with E-state index in [1.165, 1.54) is 0 Å². The molecule has 0 aliphatic carbocycles. The molecule has 84 valence electrons. The van der Waals surface area contributed by atoms with E-state index in [-0.39, 0.29) is 12.1 Å². The van der Waals surface area contributed by atoms with Gasteiger partial charge < -0.3 is 9.47 Å². The minimum atomic E-state index is -0.699. The van der Waals surface area contributed by atoms with Crippen LogP contribution < -0.4 is 0 Å². The lowest BCUT2D eigenvalue weighted by molar-refractivity contribution is -0.151. The maximum absolute atomic E-state index is 11.7. The lowest BCUT2D eigenvalue weighted by Gasteiger charge is -2.27. The van der Waals surface area contributed by atoms with E-state index >= 15 is 0 Å². The van der Waals surface area contributed by atoms with E-state index in [1.54, 1.807) is 6.92 Å². The van der Waals surface area contributed by atoms with Crippen LogP contribution in [0.1, 0.15) is 20.8 Å². The van der Waals surface area contributed by atoms with Gasteiger partial charge in [0.2, 0.25) is 0 Å². The van der Waals surface area contributed by atoms with Crippen LogP contribution in [-0.2, 0) is 14.3 Å². The first-order chi connectivity index (χ1) is 7.00. The molecule has 1 aliphatic rings. The third-order valence-electron chi connectivity index (χ3n) is 2.61. The first kappa shape index (κ1) is 12.0. The summed E-state index contributed by atoms with van der Waals surface area (Å²) in [5.74, 6) is -0.251. The van der Waals surface area contributed by atoms with Gasteiger partial charge in [-0.1, -0.05) is 18.7 Å². The molecule has 3 nitrogen and oxygen atoms in total. The van der Waals surface area contributed by atoms with Crippen molar-refractivity contribution in [3.05, 3.63) is 24.3 Å². The van der Waals surface area contributed by atoms with Gasteiger partial charge >= 0.3 is 5.97 Å². The maximum Gasteiger partial charge on any atom is 0.315 e. The highest BCUT2D eigenvalue weighted by molar-refractivity contribution is 5.79. The Morgan fingerprint density at radius 3 is 2.80 bits per heavy atom. The summed E-state index contributed by atoms with van der Waals surface area (Å²) in [4.78, 5) is 11.7. The third kappa shape index (κ3) is 2.48. The zero-order valence-electron chi connectivity index (χ0n) is 9.58. The average Bonchev–Trinajstić information content (AvgIpc) is 2.69. The quantitative estimate of drug-likeness (QED) is 0.526. The molecule has 0 unspecified atom stereocenters. The molecule has 0 fully saturated rings. The van der Waals surface area contributed by atoms with Crippen molar-refractivity contribution < 1.29 is 14.3 Å². The molecule has 0 radical (unpaired) electrons.